The van der Waals surface area contributed by atoms with Gasteiger partial charge in [0.1, 0.15) is 5.75 Å². The van der Waals surface area contributed by atoms with Crippen LogP contribution in [0.4, 0.5) is 0 Å². The van der Waals surface area contributed by atoms with Crippen LogP contribution >= 0.6 is 0 Å². The zero-order chi connectivity index (χ0) is 19.7. The number of carbonyl (C=O) groups is 1. The van der Waals surface area contributed by atoms with Crippen molar-refractivity contribution in [3.05, 3.63) is 29.8 Å². The van der Waals surface area contributed by atoms with E-state index in [0.29, 0.717) is 13.0 Å². The third-order valence-electron chi connectivity index (χ3n) is 3.57. The van der Waals surface area contributed by atoms with Gasteiger partial charge in [-0.1, -0.05) is 60.6 Å². The molecule has 0 bridgehead atoms. The number of amides is 1. The Bertz CT molecular complexity index is 575. The minimum absolute atomic E-state index is 0.0519. The molecule has 0 aliphatic carbocycles. The minimum Gasteiger partial charge on any atom is -0.493 e. The molecule has 2 N–H and O–H groups in total. The third-order valence-corrected chi connectivity index (χ3v) is 3.57. The van der Waals surface area contributed by atoms with Crippen LogP contribution in [0.15, 0.2) is 24.3 Å². The fourth-order valence-corrected chi connectivity index (χ4v) is 2.23. The van der Waals surface area contributed by atoms with Gasteiger partial charge in [-0.15, -0.1) is 0 Å². The molecule has 25 heavy (non-hydrogen) atoms. The van der Waals surface area contributed by atoms with Crippen LogP contribution in [0, 0.1) is 22.7 Å². The molecule has 0 saturated carbocycles. The van der Waals surface area contributed by atoms with Crippen molar-refractivity contribution in [2.45, 2.75) is 66.7 Å². The molecule has 1 rings (SSSR count). The molecular formula is C21H34N2O2. The van der Waals surface area contributed by atoms with Gasteiger partial charge in [-0.2, -0.15) is 5.26 Å². The van der Waals surface area contributed by atoms with Gasteiger partial charge in [0.25, 0.3) is 0 Å². The number of rotatable bonds is 5. The van der Waals surface area contributed by atoms with Crippen molar-refractivity contribution in [1.82, 2.24) is 0 Å². The lowest BCUT2D eigenvalue weighted by atomic mass is 9.84. The highest BCUT2D eigenvalue weighted by Gasteiger charge is 2.24. The highest BCUT2D eigenvalue weighted by Crippen LogP contribution is 2.27. The first kappa shape index (κ1) is 23.0. The van der Waals surface area contributed by atoms with E-state index in [1.54, 1.807) is 0 Å². The van der Waals surface area contributed by atoms with E-state index in [9.17, 15) is 4.79 Å². The number of primary amides is 1. The maximum absolute atomic E-state index is 11.6. The monoisotopic (exact) mass is 346 g/mol. The van der Waals surface area contributed by atoms with Gasteiger partial charge in [-0.3, -0.25) is 4.79 Å². The van der Waals surface area contributed by atoms with Crippen molar-refractivity contribution in [2.75, 3.05) is 6.61 Å². The van der Waals surface area contributed by atoms with Crippen molar-refractivity contribution < 1.29 is 9.53 Å². The highest BCUT2D eigenvalue weighted by molar-refractivity contribution is 5.76. The maximum Gasteiger partial charge on any atom is 0.223 e. The van der Waals surface area contributed by atoms with Gasteiger partial charge in [0, 0.05) is 6.42 Å². The molecule has 4 heteroatoms. The number of nitrogens with two attached hydrogens (primary N) is 1. The molecule has 0 spiro atoms. The smallest absolute Gasteiger partial charge is 0.223 e. The van der Waals surface area contributed by atoms with Gasteiger partial charge in [0.2, 0.25) is 5.91 Å². The summed E-state index contributed by atoms with van der Waals surface area (Å²) < 4.78 is 5.81. The van der Waals surface area contributed by atoms with Crippen LogP contribution in [0.3, 0.4) is 0 Å². The maximum atomic E-state index is 11.6. The minimum atomic E-state index is -0.295. The Morgan fingerprint density at radius 1 is 1.24 bits per heavy atom. The van der Waals surface area contributed by atoms with E-state index in [-0.39, 0.29) is 22.7 Å². The summed E-state index contributed by atoms with van der Waals surface area (Å²) in [6.07, 6.45) is 1.35. The van der Waals surface area contributed by atoms with Crippen LogP contribution in [0.1, 0.15) is 66.9 Å². The van der Waals surface area contributed by atoms with Gasteiger partial charge in [0.15, 0.2) is 0 Å². The molecule has 0 aromatic heterocycles. The molecule has 1 atom stereocenters. The van der Waals surface area contributed by atoms with Gasteiger partial charge >= 0.3 is 0 Å². The first-order valence-electron chi connectivity index (χ1n) is 8.80. The molecule has 4 nitrogen and oxygen atoms in total. The zero-order valence-corrected chi connectivity index (χ0v) is 16.8. The van der Waals surface area contributed by atoms with Crippen LogP contribution < -0.4 is 10.5 Å². The molecule has 1 amide bonds. The lowest BCUT2D eigenvalue weighted by molar-refractivity contribution is -0.123. The quantitative estimate of drug-likeness (QED) is 0.830. The van der Waals surface area contributed by atoms with Crippen LogP contribution in [-0.4, -0.2) is 12.5 Å². The molecule has 1 unspecified atom stereocenters. The molecule has 0 saturated heterocycles. The summed E-state index contributed by atoms with van der Waals surface area (Å²) in [6, 6.07) is 9.96. The van der Waals surface area contributed by atoms with Crippen LogP contribution in [0.5, 0.6) is 5.75 Å². The molecule has 0 aliphatic heterocycles. The topological polar surface area (TPSA) is 76.1 Å². The van der Waals surface area contributed by atoms with Crippen molar-refractivity contribution in [2.24, 2.45) is 17.1 Å². The molecule has 140 valence electrons. The van der Waals surface area contributed by atoms with E-state index < -0.39 is 0 Å². The van der Waals surface area contributed by atoms with Crippen molar-refractivity contribution in [3.8, 4) is 11.8 Å². The van der Waals surface area contributed by atoms with Gasteiger partial charge in [0.05, 0.1) is 18.6 Å². The highest BCUT2D eigenvalue weighted by atomic mass is 16.5. The second-order valence-corrected chi connectivity index (χ2v) is 8.46. The van der Waals surface area contributed by atoms with Gasteiger partial charge in [-0.05, 0) is 34.9 Å². The number of hydrogen-bond donors (Lipinski definition) is 1. The standard InChI is InChI=1S/C18H29NO2.C3H5N/c1-17(2,3)11-13(16(19)20)12-21-15-9-7-8-14(10-15)18(4,5)6;1-2-3-4/h7-10,13H,11-12H2,1-6H3,(H2,19,20);2H2,1H3. The summed E-state index contributed by atoms with van der Waals surface area (Å²) in [5.41, 5.74) is 6.83. The number of ether oxygens (including phenoxy) is 1. The average molecular weight is 347 g/mol. The van der Waals surface area contributed by atoms with E-state index >= 15 is 0 Å². The Kier molecular flexibility index (Phi) is 9.27. The van der Waals surface area contributed by atoms with Gasteiger partial charge in [-0.25, -0.2) is 0 Å². The van der Waals surface area contributed by atoms with E-state index in [4.69, 9.17) is 15.7 Å². The van der Waals surface area contributed by atoms with Crippen LogP contribution in [0.25, 0.3) is 0 Å². The predicted molar refractivity (Wildman–Crippen MR) is 103 cm³/mol. The summed E-state index contributed by atoms with van der Waals surface area (Å²) in [5, 5.41) is 7.62. The van der Waals surface area contributed by atoms with Crippen molar-refractivity contribution >= 4 is 5.91 Å². The second kappa shape index (κ2) is 10.1. The first-order valence-corrected chi connectivity index (χ1v) is 8.80. The number of hydrogen-bond acceptors (Lipinski definition) is 3. The first-order chi connectivity index (χ1) is 11.4. The number of nitrogens with zero attached hydrogens (tertiary/aromatic N) is 1. The summed E-state index contributed by atoms with van der Waals surface area (Å²) >= 11 is 0. The molecular weight excluding hydrogens is 312 g/mol. The molecule has 0 aliphatic rings. The molecule has 1 aromatic rings. The van der Waals surface area contributed by atoms with E-state index in [0.717, 1.165) is 12.2 Å². The SMILES string of the molecule is CC(C)(C)CC(COc1cccc(C(C)(C)C)c1)C(N)=O.CCC#N. The summed E-state index contributed by atoms with van der Waals surface area (Å²) in [5.74, 6) is 0.239. The number of benzene rings is 1. The third kappa shape index (κ3) is 10.4. The number of nitriles is 1. The summed E-state index contributed by atoms with van der Waals surface area (Å²) in [6.45, 7) is 14.9. The van der Waals surface area contributed by atoms with Crippen LogP contribution in [-0.2, 0) is 10.2 Å². The Hall–Kier alpha value is -2.02. The average Bonchev–Trinajstić information content (AvgIpc) is 2.50. The van der Waals surface area contributed by atoms with E-state index in [1.165, 1.54) is 5.56 Å². The van der Waals surface area contributed by atoms with Gasteiger partial charge < -0.3 is 10.5 Å². The number of carbonyl (C=O) groups excluding carboxylic acids is 1. The van der Waals surface area contributed by atoms with E-state index in [2.05, 4.69) is 47.6 Å². The Balaban J connectivity index is 0.00000129. The summed E-state index contributed by atoms with van der Waals surface area (Å²) in [7, 11) is 0. The Labute approximate surface area is 153 Å². The lowest BCUT2D eigenvalue weighted by Gasteiger charge is -2.24. The fourth-order valence-electron chi connectivity index (χ4n) is 2.23. The lowest BCUT2D eigenvalue weighted by Crippen LogP contribution is -2.32. The fraction of sp³-hybridized carbons (Fsp3) is 0.619. The second-order valence-electron chi connectivity index (χ2n) is 8.46. The Morgan fingerprint density at radius 2 is 1.80 bits per heavy atom. The van der Waals surface area contributed by atoms with E-state index in [1.807, 2.05) is 31.2 Å². The normalized spacial score (nSPS) is 12.4. The van der Waals surface area contributed by atoms with Crippen molar-refractivity contribution in [3.63, 3.8) is 0 Å². The Morgan fingerprint density at radius 3 is 2.20 bits per heavy atom. The zero-order valence-electron chi connectivity index (χ0n) is 16.8. The van der Waals surface area contributed by atoms with Crippen molar-refractivity contribution in [1.29, 1.82) is 5.26 Å². The summed E-state index contributed by atoms with van der Waals surface area (Å²) in [4.78, 5) is 11.6. The molecule has 0 heterocycles. The predicted octanol–water partition coefficient (Wildman–Crippen LogP) is 4.82. The van der Waals surface area contributed by atoms with Crippen LogP contribution in [0.2, 0.25) is 0 Å². The molecule has 1 aromatic carbocycles. The molecule has 0 fully saturated rings. The molecule has 0 radical (unpaired) electrons. The largest absolute Gasteiger partial charge is 0.493 e.